The van der Waals surface area contributed by atoms with Gasteiger partial charge in [0.05, 0.1) is 34.0 Å². The molecular weight excluding hydrogens is 907 g/mol. The van der Waals surface area contributed by atoms with Crippen LogP contribution in [-0.4, -0.2) is 14.5 Å². The summed E-state index contributed by atoms with van der Waals surface area (Å²) in [6.07, 6.45) is 8.71. The molecule has 2 heterocycles. The van der Waals surface area contributed by atoms with Crippen LogP contribution in [0.2, 0.25) is 0 Å². The molecule has 0 amide bonds. The molecule has 0 atom stereocenters. The number of aromatic nitrogens is 3. The fourth-order valence-electron chi connectivity index (χ4n) is 12.0. The molecule has 0 N–H and O–H groups in total. The Labute approximate surface area is 435 Å². The van der Waals surface area contributed by atoms with Crippen LogP contribution in [0.4, 0.5) is 0 Å². The lowest BCUT2D eigenvalue weighted by Gasteiger charge is -2.17. The quantitative estimate of drug-likeness (QED) is 0.149. The second-order valence-corrected chi connectivity index (χ2v) is 20.0. The van der Waals surface area contributed by atoms with Gasteiger partial charge < -0.3 is 4.57 Å². The number of nitrogens with zero attached hydrogens (tertiary/aromatic N) is 3. The fraction of sp³-hybridized carbons (Fsp3) is 0.0278. The summed E-state index contributed by atoms with van der Waals surface area (Å²) >= 11 is 0. The maximum Gasteiger partial charge on any atom is 0.0979 e. The highest BCUT2D eigenvalue weighted by Gasteiger charge is 2.19. The van der Waals surface area contributed by atoms with Crippen molar-refractivity contribution in [1.29, 1.82) is 0 Å². The molecular formula is C72H47N3. The molecule has 15 rings (SSSR count). The Bertz CT molecular complexity index is 4650. The summed E-state index contributed by atoms with van der Waals surface area (Å²) in [6.45, 7) is 0. The third-order valence-electron chi connectivity index (χ3n) is 15.7. The first kappa shape index (κ1) is 42.9. The first-order chi connectivity index (χ1) is 37.2. The van der Waals surface area contributed by atoms with E-state index in [9.17, 15) is 0 Å². The molecule has 350 valence electrons. The molecule has 0 saturated carbocycles. The number of fused-ring (bicyclic) bond motifs is 11. The van der Waals surface area contributed by atoms with Crippen molar-refractivity contribution in [1.82, 2.24) is 14.5 Å². The second kappa shape index (κ2) is 17.5. The zero-order valence-corrected chi connectivity index (χ0v) is 41.1. The van der Waals surface area contributed by atoms with Gasteiger partial charge in [-0.3, -0.25) is 4.98 Å². The van der Waals surface area contributed by atoms with E-state index in [4.69, 9.17) is 9.97 Å². The minimum atomic E-state index is 0.841. The molecule has 14 aromatic rings. The molecule has 75 heavy (non-hydrogen) atoms. The van der Waals surface area contributed by atoms with Gasteiger partial charge in [0.25, 0.3) is 0 Å². The first-order valence-corrected chi connectivity index (χ1v) is 26.0. The number of allylic oxidation sites excluding steroid dienone is 1. The van der Waals surface area contributed by atoms with Crippen molar-refractivity contribution in [2.45, 2.75) is 12.8 Å². The van der Waals surface area contributed by atoms with Crippen LogP contribution in [0.3, 0.4) is 0 Å². The Morgan fingerprint density at radius 1 is 0.347 bits per heavy atom. The molecule has 0 aliphatic heterocycles. The number of benzene rings is 12. The summed E-state index contributed by atoms with van der Waals surface area (Å²) in [5, 5.41) is 9.50. The molecule has 0 unspecified atom stereocenters. The van der Waals surface area contributed by atoms with Crippen molar-refractivity contribution in [3.05, 3.63) is 266 Å². The van der Waals surface area contributed by atoms with Crippen molar-refractivity contribution in [3.8, 4) is 72.6 Å². The smallest absolute Gasteiger partial charge is 0.0979 e. The van der Waals surface area contributed by atoms with E-state index < -0.39 is 0 Å². The predicted octanol–water partition coefficient (Wildman–Crippen LogP) is 19.1. The average molecular weight is 954 g/mol. The third-order valence-corrected chi connectivity index (χ3v) is 15.7. The molecule has 1 aliphatic rings. The van der Waals surface area contributed by atoms with Crippen molar-refractivity contribution < 1.29 is 0 Å². The van der Waals surface area contributed by atoms with Gasteiger partial charge in [0.2, 0.25) is 0 Å². The highest BCUT2D eigenvalue weighted by molar-refractivity contribution is 6.24. The molecule has 1 aliphatic carbocycles. The summed E-state index contributed by atoms with van der Waals surface area (Å²) < 4.78 is 2.37. The zero-order valence-electron chi connectivity index (χ0n) is 41.1. The van der Waals surface area contributed by atoms with Crippen LogP contribution in [0, 0.1) is 0 Å². The average Bonchev–Trinajstić information content (AvgIpc) is 3.85. The van der Waals surface area contributed by atoms with E-state index in [0.717, 1.165) is 68.3 Å². The molecule has 3 nitrogen and oxygen atoms in total. The van der Waals surface area contributed by atoms with Gasteiger partial charge in [-0.15, -0.1) is 0 Å². The van der Waals surface area contributed by atoms with Crippen LogP contribution in [0.15, 0.2) is 255 Å². The minimum absolute atomic E-state index is 0.841. The highest BCUT2D eigenvalue weighted by atomic mass is 15.0. The molecule has 2 aromatic heterocycles. The van der Waals surface area contributed by atoms with E-state index in [2.05, 4.69) is 259 Å². The minimum Gasteiger partial charge on any atom is -0.309 e. The lowest BCUT2D eigenvalue weighted by Crippen LogP contribution is -1.97. The molecule has 0 saturated heterocycles. The summed E-state index contributed by atoms with van der Waals surface area (Å²) in [6, 6.07) is 88.7. The van der Waals surface area contributed by atoms with E-state index in [0.29, 0.717) is 0 Å². The van der Waals surface area contributed by atoms with Gasteiger partial charge in [0.15, 0.2) is 0 Å². The zero-order chi connectivity index (χ0) is 49.4. The highest BCUT2D eigenvalue weighted by Crippen LogP contribution is 2.42. The van der Waals surface area contributed by atoms with Gasteiger partial charge in [-0.25, -0.2) is 4.98 Å². The van der Waals surface area contributed by atoms with Crippen molar-refractivity contribution in [3.63, 3.8) is 0 Å². The maximum atomic E-state index is 5.61. The Kier molecular flexibility index (Phi) is 10.0. The predicted molar refractivity (Wildman–Crippen MR) is 316 cm³/mol. The van der Waals surface area contributed by atoms with Crippen LogP contribution in [0.5, 0.6) is 0 Å². The van der Waals surface area contributed by atoms with Gasteiger partial charge in [-0.05, 0) is 162 Å². The Morgan fingerprint density at radius 3 is 1.65 bits per heavy atom. The number of hydrogen-bond donors (Lipinski definition) is 0. The molecule has 3 heteroatoms. The van der Waals surface area contributed by atoms with E-state index in [1.54, 1.807) is 0 Å². The summed E-state index contributed by atoms with van der Waals surface area (Å²) in [5.41, 5.74) is 21.8. The standard InChI is InChI=1S/C72H47N3/c1-2-25-57(26-3-1)75-69-32-9-8-29-64(69)65-42-53(35-38-70(65)75)51-22-11-20-49(40-51)48-19-10-21-50(39-48)52-23-12-24-56(41-52)68-45-73-71-66-43-54(60-30-13-17-46-15-4-6-27-58(46)60)33-36-62(66)63-37-34-55(44-67(63)72(71)74-68)61-31-14-18-47-16-5-7-28-59(47)61/h1-4,6-15,17-45H,5,16H2. The van der Waals surface area contributed by atoms with E-state index in [-0.39, 0.29) is 0 Å². The van der Waals surface area contributed by atoms with Crippen LogP contribution in [0.25, 0.3) is 144 Å². The van der Waals surface area contributed by atoms with E-state index in [1.165, 1.54) is 93.4 Å². The van der Waals surface area contributed by atoms with E-state index >= 15 is 0 Å². The van der Waals surface area contributed by atoms with Crippen molar-refractivity contribution in [2.75, 3.05) is 0 Å². The molecule has 0 spiro atoms. The number of para-hydroxylation sites is 2. The second-order valence-electron chi connectivity index (χ2n) is 20.0. The summed E-state index contributed by atoms with van der Waals surface area (Å²) in [4.78, 5) is 11.0. The monoisotopic (exact) mass is 953 g/mol. The number of hydrogen-bond acceptors (Lipinski definition) is 2. The Balaban J connectivity index is 0.823. The lowest BCUT2D eigenvalue weighted by molar-refractivity contribution is 0.986. The van der Waals surface area contributed by atoms with Crippen molar-refractivity contribution >= 4 is 71.2 Å². The van der Waals surface area contributed by atoms with Crippen LogP contribution in [-0.2, 0) is 6.42 Å². The van der Waals surface area contributed by atoms with Gasteiger partial charge in [0.1, 0.15) is 0 Å². The lowest BCUT2D eigenvalue weighted by atomic mass is 9.88. The summed E-state index contributed by atoms with van der Waals surface area (Å²) in [5.74, 6) is 0. The Hall–Kier alpha value is -9.70. The fourth-order valence-corrected chi connectivity index (χ4v) is 12.0. The largest absolute Gasteiger partial charge is 0.309 e. The van der Waals surface area contributed by atoms with Crippen molar-refractivity contribution in [2.24, 2.45) is 0 Å². The molecule has 0 fully saturated rings. The number of rotatable bonds is 7. The van der Waals surface area contributed by atoms with Gasteiger partial charge >= 0.3 is 0 Å². The van der Waals surface area contributed by atoms with Crippen LogP contribution >= 0.6 is 0 Å². The van der Waals surface area contributed by atoms with Gasteiger partial charge in [-0.2, -0.15) is 0 Å². The van der Waals surface area contributed by atoms with E-state index in [1.807, 2.05) is 6.20 Å². The van der Waals surface area contributed by atoms with Gasteiger partial charge in [-0.1, -0.05) is 194 Å². The van der Waals surface area contributed by atoms with Crippen LogP contribution < -0.4 is 0 Å². The Morgan fingerprint density at radius 2 is 0.893 bits per heavy atom. The number of aryl methyl sites for hydroxylation is 1. The normalized spacial score (nSPS) is 12.4. The SMILES string of the molecule is C1=Cc2c(cccc2-c2ccc3c4ccc(-c5cccc6ccccc56)cc4c4ncc(-c5cccc(-c6cccc(-c7cccc(-c8ccc9c(c8)c8ccccc8n9-c8ccccc8)c7)c6)c5)nc4c3c2)CC1. The summed E-state index contributed by atoms with van der Waals surface area (Å²) in [7, 11) is 0. The molecule has 0 bridgehead atoms. The maximum absolute atomic E-state index is 5.61. The van der Waals surface area contributed by atoms with Crippen LogP contribution in [0.1, 0.15) is 17.5 Å². The molecule has 0 radical (unpaired) electrons. The first-order valence-electron chi connectivity index (χ1n) is 26.0. The van der Waals surface area contributed by atoms with Gasteiger partial charge in [0, 0.05) is 32.8 Å². The molecule has 12 aromatic carbocycles. The topological polar surface area (TPSA) is 30.7 Å². The third kappa shape index (κ3) is 7.27.